The summed E-state index contributed by atoms with van der Waals surface area (Å²) in [4.78, 5) is 0.213. The zero-order valence-electron chi connectivity index (χ0n) is 14.6. The van der Waals surface area contributed by atoms with Gasteiger partial charge in [-0.2, -0.15) is 5.10 Å². The Labute approximate surface area is 161 Å². The number of aromatic nitrogens is 4. The van der Waals surface area contributed by atoms with Crippen LogP contribution in [0.15, 0.2) is 90.1 Å². The SMILES string of the molecule is O=S(=O)(Nc1ccc(Nc2ccc(-n3cccn3)nn2)cc1)c1ccccc1. The van der Waals surface area contributed by atoms with Crippen LogP contribution in [-0.2, 0) is 10.0 Å². The number of hydrogen-bond donors (Lipinski definition) is 2. The Hall–Kier alpha value is -3.72. The summed E-state index contributed by atoms with van der Waals surface area (Å²) in [7, 11) is -3.61. The van der Waals surface area contributed by atoms with Crippen molar-refractivity contribution in [1.29, 1.82) is 0 Å². The van der Waals surface area contributed by atoms with E-state index in [2.05, 4.69) is 25.3 Å². The van der Waals surface area contributed by atoms with Gasteiger partial charge in [-0.15, -0.1) is 10.2 Å². The van der Waals surface area contributed by atoms with Gasteiger partial charge in [0.1, 0.15) is 0 Å². The quantitative estimate of drug-likeness (QED) is 0.522. The largest absolute Gasteiger partial charge is 0.339 e. The van der Waals surface area contributed by atoms with Gasteiger partial charge in [-0.25, -0.2) is 13.1 Å². The molecule has 2 heterocycles. The van der Waals surface area contributed by atoms with Crippen LogP contribution in [0.4, 0.5) is 17.2 Å². The third kappa shape index (κ3) is 3.99. The average Bonchev–Trinajstić information content (AvgIpc) is 3.25. The van der Waals surface area contributed by atoms with Gasteiger partial charge in [0.05, 0.1) is 4.90 Å². The summed E-state index contributed by atoms with van der Waals surface area (Å²) in [5.74, 6) is 1.18. The molecule has 0 unspecified atom stereocenters. The molecule has 140 valence electrons. The van der Waals surface area contributed by atoms with Crippen molar-refractivity contribution >= 4 is 27.2 Å². The van der Waals surface area contributed by atoms with Crippen molar-refractivity contribution in [3.63, 3.8) is 0 Å². The predicted molar refractivity (Wildman–Crippen MR) is 106 cm³/mol. The van der Waals surface area contributed by atoms with E-state index in [0.717, 1.165) is 5.69 Å². The van der Waals surface area contributed by atoms with Crippen LogP contribution < -0.4 is 10.0 Å². The maximum absolute atomic E-state index is 12.4. The fourth-order valence-corrected chi connectivity index (χ4v) is 3.58. The first-order valence-corrected chi connectivity index (χ1v) is 9.87. The van der Waals surface area contributed by atoms with Gasteiger partial charge < -0.3 is 5.32 Å². The minimum Gasteiger partial charge on any atom is -0.339 e. The number of rotatable bonds is 6. The van der Waals surface area contributed by atoms with Gasteiger partial charge in [-0.1, -0.05) is 18.2 Å². The maximum atomic E-state index is 12.4. The van der Waals surface area contributed by atoms with Crippen molar-refractivity contribution in [3.05, 3.63) is 85.2 Å². The summed E-state index contributed by atoms with van der Waals surface area (Å²) in [6, 6.07) is 20.5. The van der Waals surface area contributed by atoms with Crippen LogP contribution in [0.3, 0.4) is 0 Å². The first kappa shape index (κ1) is 17.7. The van der Waals surface area contributed by atoms with E-state index in [0.29, 0.717) is 17.3 Å². The molecule has 0 bridgehead atoms. The molecule has 4 rings (SSSR count). The molecule has 28 heavy (non-hydrogen) atoms. The molecule has 0 saturated carbocycles. The van der Waals surface area contributed by atoms with Gasteiger partial charge in [0, 0.05) is 23.8 Å². The van der Waals surface area contributed by atoms with Gasteiger partial charge >= 0.3 is 0 Å². The van der Waals surface area contributed by atoms with E-state index in [9.17, 15) is 8.42 Å². The van der Waals surface area contributed by atoms with E-state index >= 15 is 0 Å². The third-order valence-electron chi connectivity index (χ3n) is 3.85. The molecule has 2 N–H and O–H groups in total. The van der Waals surface area contributed by atoms with Crippen molar-refractivity contribution in [2.45, 2.75) is 4.90 Å². The smallest absolute Gasteiger partial charge is 0.261 e. The fourth-order valence-electron chi connectivity index (χ4n) is 2.50. The minimum atomic E-state index is -3.61. The molecule has 9 heteroatoms. The van der Waals surface area contributed by atoms with Gasteiger partial charge in [-0.3, -0.25) is 4.72 Å². The second-order valence-corrected chi connectivity index (χ2v) is 7.53. The lowest BCUT2D eigenvalue weighted by Crippen LogP contribution is -2.12. The topological polar surface area (TPSA) is 102 Å². The molecular weight excluding hydrogens is 376 g/mol. The molecule has 2 aromatic heterocycles. The van der Waals surface area contributed by atoms with Crippen molar-refractivity contribution < 1.29 is 8.42 Å². The lowest BCUT2D eigenvalue weighted by atomic mass is 10.3. The number of sulfonamides is 1. The highest BCUT2D eigenvalue weighted by molar-refractivity contribution is 7.92. The van der Waals surface area contributed by atoms with Gasteiger partial charge in [-0.05, 0) is 54.6 Å². The van der Waals surface area contributed by atoms with Crippen LogP contribution in [0.2, 0.25) is 0 Å². The zero-order valence-corrected chi connectivity index (χ0v) is 15.4. The van der Waals surface area contributed by atoms with E-state index in [1.54, 1.807) is 89.9 Å². The fraction of sp³-hybridized carbons (Fsp3) is 0. The van der Waals surface area contributed by atoms with E-state index in [-0.39, 0.29) is 4.90 Å². The summed E-state index contributed by atoms with van der Waals surface area (Å²) < 4.78 is 28.9. The lowest BCUT2D eigenvalue weighted by molar-refractivity contribution is 0.601. The molecule has 0 amide bonds. The molecule has 0 fully saturated rings. The molecule has 0 aliphatic rings. The first-order chi connectivity index (χ1) is 13.6. The van der Waals surface area contributed by atoms with Crippen molar-refractivity contribution in [2.75, 3.05) is 10.0 Å². The third-order valence-corrected chi connectivity index (χ3v) is 5.25. The summed E-state index contributed by atoms with van der Waals surface area (Å²) >= 11 is 0. The molecule has 8 nitrogen and oxygen atoms in total. The van der Waals surface area contributed by atoms with Gasteiger partial charge in [0.15, 0.2) is 11.6 Å². The van der Waals surface area contributed by atoms with Gasteiger partial charge in [0.2, 0.25) is 0 Å². The highest BCUT2D eigenvalue weighted by atomic mass is 32.2. The number of nitrogens with zero attached hydrogens (tertiary/aromatic N) is 4. The average molecular weight is 392 g/mol. The van der Waals surface area contributed by atoms with Crippen molar-refractivity contribution in [1.82, 2.24) is 20.0 Å². The van der Waals surface area contributed by atoms with E-state index in [1.165, 1.54) is 0 Å². The molecule has 0 aliphatic heterocycles. The Morgan fingerprint density at radius 3 is 2.18 bits per heavy atom. The summed E-state index contributed by atoms with van der Waals surface area (Å²) in [6.45, 7) is 0. The van der Waals surface area contributed by atoms with E-state index in [4.69, 9.17) is 0 Å². The van der Waals surface area contributed by atoms with Crippen molar-refractivity contribution in [2.24, 2.45) is 0 Å². The Morgan fingerprint density at radius 1 is 0.786 bits per heavy atom. The molecule has 0 radical (unpaired) electrons. The first-order valence-electron chi connectivity index (χ1n) is 8.39. The molecule has 4 aromatic rings. The Morgan fingerprint density at radius 2 is 1.54 bits per heavy atom. The molecular formula is C19H16N6O2S. The monoisotopic (exact) mass is 392 g/mol. The Bertz CT molecular complexity index is 1140. The second-order valence-electron chi connectivity index (χ2n) is 5.85. The maximum Gasteiger partial charge on any atom is 0.261 e. The highest BCUT2D eigenvalue weighted by Crippen LogP contribution is 2.20. The zero-order chi connectivity index (χ0) is 19.4. The van der Waals surface area contributed by atoms with Crippen LogP contribution in [0.25, 0.3) is 5.82 Å². The number of hydrogen-bond acceptors (Lipinski definition) is 6. The van der Waals surface area contributed by atoms with Crippen molar-refractivity contribution in [3.8, 4) is 5.82 Å². The second kappa shape index (κ2) is 7.49. The molecule has 0 spiro atoms. The van der Waals surface area contributed by atoms with Crippen LogP contribution in [0.5, 0.6) is 0 Å². The number of nitrogens with one attached hydrogen (secondary N) is 2. The predicted octanol–water partition coefficient (Wildman–Crippen LogP) is 3.21. The lowest BCUT2D eigenvalue weighted by Gasteiger charge is -2.10. The Kier molecular flexibility index (Phi) is 4.73. The standard InChI is InChI=1S/C19H16N6O2S/c26-28(27,17-5-2-1-3-6-17)24-16-9-7-15(8-10-16)21-18-11-12-19(23-22-18)25-14-4-13-20-25/h1-14,24H,(H,21,22). The minimum absolute atomic E-state index is 0.213. The molecule has 0 atom stereocenters. The highest BCUT2D eigenvalue weighted by Gasteiger charge is 2.13. The number of benzene rings is 2. The molecule has 0 saturated heterocycles. The molecule has 0 aliphatic carbocycles. The summed E-state index contributed by atoms with van der Waals surface area (Å²) in [5, 5.41) is 15.4. The number of anilines is 3. The Balaban J connectivity index is 1.43. The summed E-state index contributed by atoms with van der Waals surface area (Å²) in [5.41, 5.74) is 1.22. The van der Waals surface area contributed by atoms with E-state index < -0.39 is 10.0 Å². The van der Waals surface area contributed by atoms with E-state index in [1.807, 2.05) is 0 Å². The van der Waals surface area contributed by atoms with Crippen LogP contribution in [0, 0.1) is 0 Å². The summed E-state index contributed by atoms with van der Waals surface area (Å²) in [6.07, 6.45) is 3.45. The van der Waals surface area contributed by atoms with Crippen LogP contribution in [0.1, 0.15) is 0 Å². The van der Waals surface area contributed by atoms with Crippen LogP contribution >= 0.6 is 0 Å². The van der Waals surface area contributed by atoms with Gasteiger partial charge in [0.25, 0.3) is 10.0 Å². The normalized spacial score (nSPS) is 11.1. The van der Waals surface area contributed by atoms with Crippen LogP contribution in [-0.4, -0.2) is 28.4 Å². The molecule has 2 aromatic carbocycles.